The molecule has 0 radical (unpaired) electrons. The number of carboxylic acids is 1. The molecule has 27 heavy (non-hydrogen) atoms. The molecule has 0 aliphatic heterocycles. The Hall–Kier alpha value is -2.37. The third-order valence-electron chi connectivity index (χ3n) is 4.13. The summed E-state index contributed by atoms with van der Waals surface area (Å²) in [6, 6.07) is 19.8. The second kappa shape index (κ2) is 11.4. The molecule has 0 bridgehead atoms. The Balaban J connectivity index is 0.000000527. The van der Waals surface area contributed by atoms with Gasteiger partial charge in [-0.3, -0.25) is 4.79 Å². The number of aliphatic carboxylic acids is 1. The van der Waals surface area contributed by atoms with E-state index in [-0.39, 0.29) is 5.92 Å². The van der Waals surface area contributed by atoms with Crippen molar-refractivity contribution in [1.29, 1.82) is 0 Å². The van der Waals surface area contributed by atoms with Crippen molar-refractivity contribution in [2.24, 2.45) is 5.92 Å². The molecule has 5 heteroatoms. The van der Waals surface area contributed by atoms with Crippen molar-refractivity contribution in [1.82, 2.24) is 0 Å². The number of ether oxygens (including phenoxy) is 3. The van der Waals surface area contributed by atoms with E-state index in [1.165, 1.54) is 0 Å². The largest absolute Gasteiger partial charge is 0.481 e. The van der Waals surface area contributed by atoms with Gasteiger partial charge >= 0.3 is 5.97 Å². The smallest absolute Gasteiger partial charge is 0.305 e. The Kier molecular flexibility index (Phi) is 9.54. The molecule has 1 N–H and O–H groups in total. The van der Waals surface area contributed by atoms with Gasteiger partial charge in [0.2, 0.25) is 6.29 Å². The van der Waals surface area contributed by atoms with E-state index in [1.54, 1.807) is 28.1 Å². The van der Waals surface area contributed by atoms with Gasteiger partial charge in [-0.2, -0.15) is 0 Å². The van der Waals surface area contributed by atoms with Crippen molar-refractivity contribution in [3.63, 3.8) is 0 Å². The van der Waals surface area contributed by atoms with Crippen molar-refractivity contribution < 1.29 is 24.1 Å². The van der Waals surface area contributed by atoms with Gasteiger partial charge in [-0.1, -0.05) is 69.3 Å². The van der Waals surface area contributed by atoms with Gasteiger partial charge < -0.3 is 19.3 Å². The van der Waals surface area contributed by atoms with Crippen LogP contribution in [0.3, 0.4) is 0 Å². The summed E-state index contributed by atoms with van der Waals surface area (Å²) >= 11 is 0. The van der Waals surface area contributed by atoms with E-state index < -0.39 is 17.9 Å². The summed E-state index contributed by atoms with van der Waals surface area (Å²) in [5, 5.41) is 7.99. The molecule has 5 nitrogen and oxygen atoms in total. The zero-order chi connectivity index (χ0) is 20.3. The second-order valence-corrected chi connectivity index (χ2v) is 6.32. The van der Waals surface area contributed by atoms with E-state index in [9.17, 15) is 4.79 Å². The number of carboxylic acid groups (broad SMARTS) is 1. The number of carbonyl (C=O) groups is 1. The SMILES string of the molecule is CC(C)C(=O)O.CCC(Oc1ccccc1)(c1ccccc1)C(OC)OC. The highest BCUT2D eigenvalue weighted by molar-refractivity contribution is 5.68. The molecule has 0 aliphatic carbocycles. The van der Waals surface area contributed by atoms with Gasteiger partial charge in [0.25, 0.3) is 0 Å². The summed E-state index contributed by atoms with van der Waals surface area (Å²) in [6.07, 6.45) is 0.225. The minimum Gasteiger partial charge on any atom is -0.481 e. The zero-order valence-corrected chi connectivity index (χ0v) is 16.7. The van der Waals surface area contributed by atoms with Crippen LogP contribution in [0.1, 0.15) is 32.8 Å². The molecule has 2 aromatic rings. The van der Waals surface area contributed by atoms with Crippen LogP contribution >= 0.6 is 0 Å². The van der Waals surface area contributed by atoms with E-state index in [1.807, 2.05) is 60.7 Å². The number of methoxy groups -OCH3 is 2. The van der Waals surface area contributed by atoms with Crippen LogP contribution < -0.4 is 4.74 Å². The first kappa shape index (κ1) is 22.7. The van der Waals surface area contributed by atoms with Crippen LogP contribution in [0.5, 0.6) is 5.75 Å². The lowest BCUT2D eigenvalue weighted by atomic mass is 9.89. The Labute approximate surface area is 161 Å². The molecule has 0 saturated heterocycles. The van der Waals surface area contributed by atoms with Crippen LogP contribution in [0.15, 0.2) is 60.7 Å². The summed E-state index contributed by atoms with van der Waals surface area (Å²) in [6.45, 7) is 5.35. The fourth-order valence-corrected chi connectivity index (χ4v) is 2.58. The Morgan fingerprint density at radius 2 is 1.41 bits per heavy atom. The van der Waals surface area contributed by atoms with Gasteiger partial charge in [-0.25, -0.2) is 0 Å². The highest BCUT2D eigenvalue weighted by Gasteiger charge is 2.42. The van der Waals surface area contributed by atoms with Crippen molar-refractivity contribution in [3.8, 4) is 5.75 Å². The van der Waals surface area contributed by atoms with Crippen molar-refractivity contribution >= 4 is 5.97 Å². The molecule has 148 valence electrons. The first-order valence-corrected chi connectivity index (χ1v) is 8.99. The highest BCUT2D eigenvalue weighted by atomic mass is 16.7. The second-order valence-electron chi connectivity index (χ2n) is 6.32. The van der Waals surface area contributed by atoms with E-state index in [2.05, 4.69) is 6.92 Å². The van der Waals surface area contributed by atoms with Crippen LogP contribution in [-0.4, -0.2) is 31.6 Å². The molecule has 0 fully saturated rings. The minimum absolute atomic E-state index is 0.231. The standard InChI is InChI=1S/C18H22O3.C4H8O2/c1-4-18(17(19-2)20-3,15-11-7-5-8-12-15)21-16-13-9-6-10-14-16;1-3(2)4(5)6/h5-14,17H,4H2,1-3H3;3H,1-2H3,(H,5,6). The average Bonchev–Trinajstić information content (AvgIpc) is 2.69. The fraction of sp³-hybridized carbons (Fsp3) is 0.409. The van der Waals surface area contributed by atoms with E-state index in [0.29, 0.717) is 0 Å². The van der Waals surface area contributed by atoms with Gasteiger partial charge in [-0.05, 0) is 18.6 Å². The van der Waals surface area contributed by atoms with Gasteiger partial charge in [-0.15, -0.1) is 0 Å². The molecule has 0 amide bonds. The van der Waals surface area contributed by atoms with E-state index in [4.69, 9.17) is 19.3 Å². The molecule has 2 aromatic carbocycles. The first-order valence-electron chi connectivity index (χ1n) is 8.99. The van der Waals surface area contributed by atoms with Crippen molar-refractivity contribution in [2.75, 3.05) is 14.2 Å². The average molecular weight is 374 g/mol. The van der Waals surface area contributed by atoms with Crippen molar-refractivity contribution in [2.45, 2.75) is 39.1 Å². The Morgan fingerprint density at radius 3 is 1.78 bits per heavy atom. The van der Waals surface area contributed by atoms with Gasteiger partial charge in [0.15, 0.2) is 5.60 Å². The lowest BCUT2D eigenvalue weighted by Gasteiger charge is -2.39. The van der Waals surface area contributed by atoms with Crippen LogP contribution in [0, 0.1) is 5.92 Å². The topological polar surface area (TPSA) is 65.0 Å². The summed E-state index contributed by atoms with van der Waals surface area (Å²) < 4.78 is 17.4. The van der Waals surface area contributed by atoms with Crippen LogP contribution in [0.25, 0.3) is 0 Å². The molecule has 1 atom stereocenters. The highest BCUT2D eigenvalue weighted by Crippen LogP contribution is 2.36. The Morgan fingerprint density at radius 1 is 0.963 bits per heavy atom. The number of hydrogen-bond acceptors (Lipinski definition) is 4. The molecule has 0 heterocycles. The number of rotatable bonds is 8. The molecule has 2 rings (SSSR count). The van der Waals surface area contributed by atoms with Crippen LogP contribution in [-0.2, 0) is 19.9 Å². The maximum atomic E-state index is 9.70. The van der Waals surface area contributed by atoms with Gasteiger partial charge in [0.1, 0.15) is 5.75 Å². The normalized spacial score (nSPS) is 12.9. The molecule has 1 unspecified atom stereocenters. The summed E-state index contributed by atoms with van der Waals surface area (Å²) in [7, 11) is 3.27. The minimum atomic E-state index is -0.741. The molecule has 0 aromatic heterocycles. The molecular formula is C22H30O5. The lowest BCUT2D eigenvalue weighted by Crippen LogP contribution is -2.46. The fourth-order valence-electron chi connectivity index (χ4n) is 2.58. The molecule has 0 spiro atoms. The Bertz CT molecular complexity index is 653. The predicted octanol–water partition coefficient (Wildman–Crippen LogP) is 4.72. The summed E-state index contributed by atoms with van der Waals surface area (Å²) in [4.78, 5) is 9.70. The van der Waals surface area contributed by atoms with Crippen LogP contribution in [0.2, 0.25) is 0 Å². The van der Waals surface area contributed by atoms with Gasteiger partial charge in [0.05, 0.1) is 5.92 Å². The van der Waals surface area contributed by atoms with Crippen LogP contribution in [0.4, 0.5) is 0 Å². The number of para-hydroxylation sites is 1. The third-order valence-corrected chi connectivity index (χ3v) is 4.13. The number of hydrogen-bond donors (Lipinski definition) is 1. The zero-order valence-electron chi connectivity index (χ0n) is 16.7. The summed E-state index contributed by atoms with van der Waals surface area (Å²) in [5.41, 5.74) is 0.344. The molecular weight excluding hydrogens is 344 g/mol. The van der Waals surface area contributed by atoms with Crippen molar-refractivity contribution in [3.05, 3.63) is 66.2 Å². The van der Waals surface area contributed by atoms with E-state index >= 15 is 0 Å². The third kappa shape index (κ3) is 6.38. The summed E-state index contributed by atoms with van der Waals surface area (Å²) in [5.74, 6) is -0.178. The maximum absolute atomic E-state index is 9.70. The lowest BCUT2D eigenvalue weighted by molar-refractivity contribution is -0.210. The van der Waals surface area contributed by atoms with Gasteiger partial charge in [0, 0.05) is 19.8 Å². The number of benzene rings is 2. The monoisotopic (exact) mass is 374 g/mol. The maximum Gasteiger partial charge on any atom is 0.305 e. The molecule has 0 aliphatic rings. The molecule has 0 saturated carbocycles. The predicted molar refractivity (Wildman–Crippen MR) is 106 cm³/mol. The first-order chi connectivity index (χ1) is 12.9. The van der Waals surface area contributed by atoms with E-state index in [0.717, 1.165) is 17.7 Å². The quantitative estimate of drug-likeness (QED) is 0.678.